The molecule has 0 saturated carbocycles. The third kappa shape index (κ3) is 2.24. The van der Waals surface area contributed by atoms with Crippen molar-refractivity contribution >= 4 is 0 Å². The van der Waals surface area contributed by atoms with Crippen LogP contribution in [-0.4, -0.2) is 34.9 Å². The van der Waals surface area contributed by atoms with Gasteiger partial charge in [0.05, 0.1) is 11.7 Å². The molecule has 2 saturated heterocycles. The van der Waals surface area contributed by atoms with Crippen LogP contribution in [0.1, 0.15) is 50.1 Å². The van der Waals surface area contributed by atoms with Gasteiger partial charge in [0.2, 0.25) is 0 Å². The predicted molar refractivity (Wildman–Crippen MR) is 65.7 cm³/mol. The van der Waals surface area contributed by atoms with Crippen molar-refractivity contribution in [3.63, 3.8) is 0 Å². The van der Waals surface area contributed by atoms with E-state index < -0.39 is 0 Å². The van der Waals surface area contributed by atoms with E-state index in [1.54, 1.807) is 0 Å². The highest BCUT2D eigenvalue weighted by molar-refractivity contribution is 5.07. The Labute approximate surface area is 103 Å². The number of aromatic nitrogens is 2. The smallest absolute Gasteiger partial charge is 0.150 e. The molecule has 0 aliphatic carbocycles. The topological polar surface area (TPSA) is 30.3 Å². The Morgan fingerprint density at radius 2 is 2.24 bits per heavy atom. The second kappa shape index (κ2) is 4.78. The van der Waals surface area contributed by atoms with Crippen LogP contribution in [0.5, 0.6) is 0 Å². The second-order valence-corrected chi connectivity index (χ2v) is 5.18. The molecule has 94 valence electrons. The van der Waals surface area contributed by atoms with Gasteiger partial charge in [0.25, 0.3) is 0 Å². The highest BCUT2D eigenvalue weighted by Gasteiger charge is 2.25. The van der Waals surface area contributed by atoms with Gasteiger partial charge in [-0.05, 0) is 51.8 Å². The summed E-state index contributed by atoms with van der Waals surface area (Å²) in [6, 6.07) is 2.67. The van der Waals surface area contributed by atoms with Crippen LogP contribution in [0.25, 0.3) is 0 Å². The minimum absolute atomic E-state index is 0.171. The van der Waals surface area contributed by atoms with Crippen LogP contribution in [0, 0.1) is 0 Å². The van der Waals surface area contributed by atoms with Crippen LogP contribution in [0.2, 0.25) is 0 Å². The summed E-state index contributed by atoms with van der Waals surface area (Å²) >= 11 is 0. The molecule has 17 heavy (non-hydrogen) atoms. The average molecular weight is 235 g/mol. The van der Waals surface area contributed by atoms with Crippen molar-refractivity contribution in [2.75, 3.05) is 20.2 Å². The van der Waals surface area contributed by atoms with Crippen molar-refractivity contribution in [3.8, 4) is 0 Å². The molecule has 4 nitrogen and oxygen atoms in total. The van der Waals surface area contributed by atoms with Crippen LogP contribution in [0.4, 0.5) is 0 Å². The molecule has 1 unspecified atom stereocenters. The summed E-state index contributed by atoms with van der Waals surface area (Å²) in [6.45, 7) is 2.07. The van der Waals surface area contributed by atoms with Gasteiger partial charge in [0, 0.05) is 12.8 Å². The molecule has 2 atom stereocenters. The van der Waals surface area contributed by atoms with Crippen LogP contribution < -0.4 is 0 Å². The summed E-state index contributed by atoms with van der Waals surface area (Å²) in [5.74, 6) is 0. The fourth-order valence-electron chi connectivity index (χ4n) is 2.91. The van der Waals surface area contributed by atoms with Crippen LogP contribution in [0.3, 0.4) is 0 Å². The summed E-state index contributed by atoms with van der Waals surface area (Å²) in [5.41, 5.74) is 1.21. The maximum atomic E-state index is 5.75. The minimum Gasteiger partial charge on any atom is -0.357 e. The number of ether oxygens (including phenoxy) is 1. The Morgan fingerprint density at radius 3 is 2.94 bits per heavy atom. The molecule has 3 rings (SSSR count). The van der Waals surface area contributed by atoms with Gasteiger partial charge < -0.3 is 4.74 Å². The number of likely N-dealkylation sites (tertiary alicyclic amines) is 1. The third-order valence-corrected chi connectivity index (χ3v) is 3.94. The molecule has 1 aromatic heterocycles. The van der Waals surface area contributed by atoms with Crippen molar-refractivity contribution in [1.82, 2.24) is 14.7 Å². The van der Waals surface area contributed by atoms with E-state index >= 15 is 0 Å². The van der Waals surface area contributed by atoms with Gasteiger partial charge in [0.1, 0.15) is 6.23 Å². The Hall–Kier alpha value is -0.870. The van der Waals surface area contributed by atoms with Gasteiger partial charge in [-0.1, -0.05) is 0 Å². The van der Waals surface area contributed by atoms with E-state index in [0.717, 1.165) is 13.0 Å². The maximum Gasteiger partial charge on any atom is 0.150 e. The van der Waals surface area contributed by atoms with Gasteiger partial charge >= 0.3 is 0 Å². The van der Waals surface area contributed by atoms with Crippen molar-refractivity contribution in [2.24, 2.45) is 0 Å². The van der Waals surface area contributed by atoms with E-state index in [1.807, 2.05) is 4.68 Å². The molecule has 0 aromatic carbocycles. The molecule has 1 aromatic rings. The maximum absolute atomic E-state index is 5.75. The molecule has 2 aliphatic heterocycles. The summed E-state index contributed by atoms with van der Waals surface area (Å²) in [4.78, 5) is 2.40. The van der Waals surface area contributed by atoms with Crippen molar-refractivity contribution < 1.29 is 4.74 Å². The minimum atomic E-state index is 0.171. The highest BCUT2D eigenvalue weighted by atomic mass is 16.5. The van der Waals surface area contributed by atoms with Crippen LogP contribution >= 0.6 is 0 Å². The molecule has 2 aliphatic rings. The number of hydrogen-bond donors (Lipinski definition) is 0. The Morgan fingerprint density at radius 1 is 1.29 bits per heavy atom. The first-order valence-electron chi connectivity index (χ1n) is 6.71. The van der Waals surface area contributed by atoms with E-state index in [2.05, 4.69) is 24.2 Å². The SMILES string of the molecule is CN1CCC[C@H]1c1ccn(C2CCCCO2)n1. The zero-order chi connectivity index (χ0) is 11.7. The first-order chi connectivity index (χ1) is 8.34. The van der Waals surface area contributed by atoms with Crippen molar-refractivity contribution in [1.29, 1.82) is 0 Å². The summed E-state index contributed by atoms with van der Waals surface area (Å²) in [7, 11) is 2.19. The summed E-state index contributed by atoms with van der Waals surface area (Å²) in [6.07, 6.45) is 8.31. The lowest BCUT2D eigenvalue weighted by Crippen LogP contribution is -2.21. The Bertz CT molecular complexity index is 370. The lowest BCUT2D eigenvalue weighted by atomic mass is 10.1. The largest absolute Gasteiger partial charge is 0.357 e. The van der Waals surface area contributed by atoms with E-state index in [9.17, 15) is 0 Å². The summed E-state index contributed by atoms with van der Waals surface area (Å²) < 4.78 is 7.77. The van der Waals surface area contributed by atoms with Crippen LogP contribution in [-0.2, 0) is 4.74 Å². The number of rotatable bonds is 2. The lowest BCUT2D eigenvalue weighted by Gasteiger charge is -2.23. The van der Waals surface area contributed by atoms with Gasteiger partial charge in [-0.25, -0.2) is 4.68 Å². The van der Waals surface area contributed by atoms with Gasteiger partial charge in [-0.2, -0.15) is 5.10 Å². The second-order valence-electron chi connectivity index (χ2n) is 5.18. The number of nitrogens with zero attached hydrogens (tertiary/aromatic N) is 3. The molecular weight excluding hydrogens is 214 g/mol. The van der Waals surface area contributed by atoms with Gasteiger partial charge in [-0.3, -0.25) is 4.90 Å². The zero-order valence-corrected chi connectivity index (χ0v) is 10.5. The highest BCUT2D eigenvalue weighted by Crippen LogP contribution is 2.30. The molecule has 0 bridgehead atoms. The first kappa shape index (κ1) is 11.2. The quantitative estimate of drug-likeness (QED) is 0.788. The molecule has 0 N–H and O–H groups in total. The van der Waals surface area contributed by atoms with Gasteiger partial charge in [0.15, 0.2) is 0 Å². The third-order valence-electron chi connectivity index (χ3n) is 3.94. The molecule has 3 heterocycles. The summed E-state index contributed by atoms with van der Waals surface area (Å²) in [5, 5.41) is 4.72. The van der Waals surface area contributed by atoms with E-state index in [4.69, 9.17) is 9.84 Å². The fourth-order valence-corrected chi connectivity index (χ4v) is 2.91. The first-order valence-corrected chi connectivity index (χ1v) is 6.71. The molecule has 0 radical (unpaired) electrons. The zero-order valence-electron chi connectivity index (χ0n) is 10.5. The molecule has 4 heteroatoms. The van der Waals surface area contributed by atoms with Crippen molar-refractivity contribution in [3.05, 3.63) is 18.0 Å². The van der Waals surface area contributed by atoms with Gasteiger partial charge in [-0.15, -0.1) is 0 Å². The Balaban J connectivity index is 1.73. The Kier molecular flexibility index (Phi) is 3.16. The normalized spacial score (nSPS) is 30.9. The monoisotopic (exact) mass is 235 g/mol. The lowest BCUT2D eigenvalue weighted by molar-refractivity contribution is -0.0398. The fraction of sp³-hybridized carbons (Fsp3) is 0.769. The van der Waals surface area contributed by atoms with E-state index in [1.165, 1.54) is 37.9 Å². The molecular formula is C13H21N3O. The molecule has 0 spiro atoms. The van der Waals surface area contributed by atoms with E-state index in [-0.39, 0.29) is 6.23 Å². The average Bonchev–Trinajstić information content (AvgIpc) is 2.98. The van der Waals surface area contributed by atoms with E-state index in [0.29, 0.717) is 6.04 Å². The van der Waals surface area contributed by atoms with Crippen LogP contribution in [0.15, 0.2) is 12.3 Å². The standard InChI is InChI=1S/C13H21N3O/c1-15-8-4-5-12(15)11-7-9-16(14-11)13-6-2-3-10-17-13/h7,9,12-13H,2-6,8,10H2,1H3/t12-,13?/m0/s1. The number of hydrogen-bond acceptors (Lipinski definition) is 3. The van der Waals surface area contributed by atoms with Crippen molar-refractivity contribution in [2.45, 2.75) is 44.4 Å². The predicted octanol–water partition coefficient (Wildman–Crippen LogP) is 2.35. The molecule has 2 fully saturated rings. The molecule has 0 amide bonds.